The highest BCUT2D eigenvalue weighted by atomic mass is 16.3. The summed E-state index contributed by atoms with van der Waals surface area (Å²) in [4.78, 5) is 32.3. The third-order valence-electron chi connectivity index (χ3n) is 4.96. The lowest BCUT2D eigenvalue weighted by Crippen LogP contribution is -2.44. The lowest BCUT2D eigenvalue weighted by Gasteiger charge is -2.31. The van der Waals surface area contributed by atoms with E-state index in [0.717, 1.165) is 29.5 Å². The van der Waals surface area contributed by atoms with Crippen LogP contribution in [0.1, 0.15) is 26.7 Å². The van der Waals surface area contributed by atoms with Gasteiger partial charge in [0.25, 0.3) is 5.56 Å². The number of hydrogen-bond acceptors (Lipinski definition) is 6. The first-order valence-corrected chi connectivity index (χ1v) is 9.30. The van der Waals surface area contributed by atoms with Crippen molar-refractivity contribution in [2.24, 2.45) is 12.8 Å². The third-order valence-corrected chi connectivity index (χ3v) is 4.96. The van der Waals surface area contributed by atoms with Crippen molar-refractivity contribution in [3.05, 3.63) is 32.5 Å². The second kappa shape index (κ2) is 7.69. The summed E-state index contributed by atoms with van der Waals surface area (Å²) in [6.07, 6.45) is 3.95. The number of hydrogen-bond donors (Lipinski definition) is 2. The van der Waals surface area contributed by atoms with E-state index in [-0.39, 0.29) is 19.2 Å². The van der Waals surface area contributed by atoms with E-state index in [1.807, 2.05) is 24.5 Å². The molecule has 0 saturated carbocycles. The topological polar surface area (TPSA) is 111 Å². The minimum absolute atomic E-state index is 0.0425. The van der Waals surface area contributed by atoms with Gasteiger partial charge in [0.05, 0.1) is 13.2 Å². The molecule has 0 bridgehead atoms. The Morgan fingerprint density at radius 2 is 2.07 bits per heavy atom. The van der Waals surface area contributed by atoms with Gasteiger partial charge in [-0.3, -0.25) is 13.9 Å². The summed E-state index contributed by atoms with van der Waals surface area (Å²) >= 11 is 0. The number of nitrogens with two attached hydrogens (primary N) is 1. The molecule has 3 N–H and O–H groups in total. The number of aliphatic hydroxyl groups is 1. The van der Waals surface area contributed by atoms with E-state index in [0.29, 0.717) is 30.2 Å². The number of piperidine rings is 1. The average Bonchev–Trinajstić information content (AvgIpc) is 3.01. The molecule has 2 aromatic heterocycles. The van der Waals surface area contributed by atoms with Crippen molar-refractivity contribution in [1.29, 1.82) is 0 Å². The number of fused-ring (bicyclic) bond motifs is 1. The summed E-state index contributed by atoms with van der Waals surface area (Å²) in [6, 6.07) is 0.0605. The molecular weight excluding hydrogens is 348 g/mol. The molecule has 0 amide bonds. The highest BCUT2D eigenvalue weighted by Gasteiger charge is 2.25. The molecule has 0 radical (unpaired) electrons. The van der Waals surface area contributed by atoms with Crippen molar-refractivity contribution in [3.63, 3.8) is 0 Å². The molecule has 3 heterocycles. The molecule has 9 nitrogen and oxygen atoms in total. The first-order valence-electron chi connectivity index (χ1n) is 9.30. The molecule has 3 rings (SSSR count). The Morgan fingerprint density at radius 3 is 2.70 bits per heavy atom. The van der Waals surface area contributed by atoms with Gasteiger partial charge >= 0.3 is 5.69 Å². The minimum atomic E-state index is -0.477. The number of nitrogens with zero attached hydrogens (tertiary/aromatic N) is 5. The monoisotopic (exact) mass is 376 g/mol. The van der Waals surface area contributed by atoms with Crippen LogP contribution in [0.15, 0.2) is 21.2 Å². The van der Waals surface area contributed by atoms with Crippen LogP contribution in [-0.4, -0.2) is 49.5 Å². The van der Waals surface area contributed by atoms with Gasteiger partial charge in [-0.2, -0.15) is 4.98 Å². The van der Waals surface area contributed by atoms with Gasteiger partial charge < -0.3 is 20.3 Å². The maximum Gasteiger partial charge on any atom is 0.332 e. The van der Waals surface area contributed by atoms with Crippen molar-refractivity contribution in [3.8, 4) is 0 Å². The number of rotatable bonds is 5. The number of aryl methyl sites for hydroxylation is 1. The van der Waals surface area contributed by atoms with Gasteiger partial charge in [0, 0.05) is 32.7 Å². The Labute approximate surface area is 157 Å². The smallest absolute Gasteiger partial charge is 0.332 e. The van der Waals surface area contributed by atoms with Crippen LogP contribution in [-0.2, 0) is 20.1 Å². The van der Waals surface area contributed by atoms with Crippen LogP contribution in [0, 0.1) is 0 Å². The van der Waals surface area contributed by atoms with Crippen molar-refractivity contribution in [2.75, 3.05) is 24.6 Å². The van der Waals surface area contributed by atoms with E-state index < -0.39 is 11.2 Å². The van der Waals surface area contributed by atoms with Crippen LogP contribution < -0.4 is 21.9 Å². The van der Waals surface area contributed by atoms with Crippen LogP contribution >= 0.6 is 0 Å². The summed E-state index contributed by atoms with van der Waals surface area (Å²) in [6.45, 7) is 5.62. The maximum atomic E-state index is 13.0. The molecule has 1 fully saturated rings. The second-order valence-corrected chi connectivity index (χ2v) is 7.35. The molecule has 0 aromatic carbocycles. The van der Waals surface area contributed by atoms with Gasteiger partial charge in [0.2, 0.25) is 5.95 Å². The summed E-state index contributed by atoms with van der Waals surface area (Å²) in [5, 5.41) is 9.25. The zero-order valence-corrected chi connectivity index (χ0v) is 16.2. The SMILES string of the molecule is CC(C)=CCn1c(N2CCCC(N)C2)nc2c1c(=O)n(CCO)c(=O)n2C. The molecule has 0 aliphatic carbocycles. The average molecular weight is 376 g/mol. The molecule has 9 heteroatoms. The summed E-state index contributed by atoms with van der Waals surface area (Å²) in [7, 11) is 1.60. The van der Waals surface area contributed by atoms with E-state index in [9.17, 15) is 14.7 Å². The fourth-order valence-electron chi connectivity index (χ4n) is 3.54. The molecule has 1 saturated heterocycles. The molecule has 1 aliphatic rings. The summed E-state index contributed by atoms with van der Waals surface area (Å²) in [5.41, 5.74) is 7.09. The number of aromatic nitrogens is 4. The van der Waals surface area contributed by atoms with Gasteiger partial charge in [-0.25, -0.2) is 4.79 Å². The number of allylic oxidation sites excluding steroid dienone is 2. The predicted octanol–water partition coefficient (Wildman–Crippen LogP) is -0.217. The van der Waals surface area contributed by atoms with Crippen molar-refractivity contribution >= 4 is 17.1 Å². The minimum Gasteiger partial charge on any atom is -0.395 e. The fraction of sp³-hybridized carbons (Fsp3) is 0.611. The Morgan fingerprint density at radius 1 is 1.33 bits per heavy atom. The zero-order valence-electron chi connectivity index (χ0n) is 16.2. The molecule has 2 aromatic rings. The lowest BCUT2D eigenvalue weighted by atomic mass is 10.1. The zero-order chi connectivity index (χ0) is 19.7. The highest BCUT2D eigenvalue weighted by molar-refractivity contribution is 5.74. The quantitative estimate of drug-likeness (QED) is 0.698. The van der Waals surface area contributed by atoms with E-state index in [1.165, 1.54) is 4.57 Å². The molecule has 148 valence electrons. The van der Waals surface area contributed by atoms with Gasteiger partial charge in [-0.1, -0.05) is 11.6 Å². The van der Waals surface area contributed by atoms with Crippen molar-refractivity contribution < 1.29 is 5.11 Å². The van der Waals surface area contributed by atoms with E-state index in [1.54, 1.807) is 7.05 Å². The van der Waals surface area contributed by atoms with Crippen LogP contribution in [0.4, 0.5) is 5.95 Å². The van der Waals surface area contributed by atoms with Crippen LogP contribution in [0.25, 0.3) is 11.2 Å². The summed E-state index contributed by atoms with van der Waals surface area (Å²) in [5.74, 6) is 0.659. The van der Waals surface area contributed by atoms with Gasteiger partial charge in [-0.15, -0.1) is 0 Å². The third kappa shape index (κ3) is 3.57. The van der Waals surface area contributed by atoms with Gasteiger partial charge in [0.15, 0.2) is 11.2 Å². The van der Waals surface area contributed by atoms with Gasteiger partial charge in [-0.05, 0) is 26.7 Å². The fourth-order valence-corrected chi connectivity index (χ4v) is 3.54. The molecule has 0 spiro atoms. The predicted molar refractivity (Wildman–Crippen MR) is 105 cm³/mol. The maximum absolute atomic E-state index is 13.0. The molecule has 1 unspecified atom stereocenters. The Balaban J connectivity index is 2.29. The first-order chi connectivity index (χ1) is 12.8. The molecule has 1 atom stereocenters. The number of aliphatic hydroxyl groups excluding tert-OH is 1. The molecular formula is C18H28N6O3. The van der Waals surface area contributed by atoms with Crippen LogP contribution in [0.3, 0.4) is 0 Å². The number of anilines is 1. The van der Waals surface area contributed by atoms with Crippen molar-refractivity contribution in [1.82, 2.24) is 18.7 Å². The van der Waals surface area contributed by atoms with E-state index in [2.05, 4.69) is 9.88 Å². The van der Waals surface area contributed by atoms with Gasteiger partial charge in [0.1, 0.15) is 0 Å². The van der Waals surface area contributed by atoms with E-state index in [4.69, 9.17) is 5.73 Å². The second-order valence-electron chi connectivity index (χ2n) is 7.35. The Kier molecular flexibility index (Phi) is 5.52. The normalized spacial score (nSPS) is 17.5. The highest BCUT2D eigenvalue weighted by Crippen LogP contribution is 2.23. The first kappa shape index (κ1) is 19.4. The van der Waals surface area contributed by atoms with E-state index >= 15 is 0 Å². The van der Waals surface area contributed by atoms with Crippen LogP contribution in [0.5, 0.6) is 0 Å². The Hall–Kier alpha value is -2.39. The number of imidazole rings is 1. The van der Waals surface area contributed by atoms with Crippen molar-refractivity contribution in [2.45, 2.75) is 45.8 Å². The standard InChI is InChI=1S/C18H28N6O3/c1-12(2)6-8-23-14-15(20-17(23)22-7-4-5-13(19)11-22)21(3)18(27)24(9-10-25)16(14)26/h6,13,25H,4-5,7-11,19H2,1-3H3. The van der Waals surface area contributed by atoms with Crippen LogP contribution in [0.2, 0.25) is 0 Å². The molecule has 27 heavy (non-hydrogen) atoms. The summed E-state index contributed by atoms with van der Waals surface area (Å²) < 4.78 is 4.30. The Bertz CT molecular complexity index is 980. The molecule has 1 aliphatic heterocycles. The largest absolute Gasteiger partial charge is 0.395 e. The lowest BCUT2D eigenvalue weighted by molar-refractivity contribution is 0.271.